The highest BCUT2D eigenvalue weighted by atomic mass is 16.1. The largest absolute Gasteiger partial charge is 0.371 e. The highest BCUT2D eigenvalue weighted by molar-refractivity contribution is 5.80. The van der Waals surface area contributed by atoms with Gasteiger partial charge in [0.1, 0.15) is 0 Å². The van der Waals surface area contributed by atoms with E-state index in [-0.39, 0.29) is 11.8 Å². The summed E-state index contributed by atoms with van der Waals surface area (Å²) in [7, 11) is 0. The van der Waals surface area contributed by atoms with E-state index in [1.54, 1.807) is 12.4 Å². The predicted octanol–water partition coefficient (Wildman–Crippen LogP) is 0.941. The summed E-state index contributed by atoms with van der Waals surface area (Å²) in [4.78, 5) is 21.9. The van der Waals surface area contributed by atoms with Crippen LogP contribution in [-0.2, 0) is 4.79 Å². The number of hydrogen-bond donors (Lipinski definition) is 1. The molecule has 3 rings (SSSR count). The van der Waals surface area contributed by atoms with Gasteiger partial charge in [-0.1, -0.05) is 0 Å². The van der Waals surface area contributed by atoms with Gasteiger partial charge in [0, 0.05) is 31.2 Å². The van der Waals surface area contributed by atoms with Crippen molar-refractivity contribution in [1.29, 1.82) is 0 Å². The summed E-state index contributed by atoms with van der Waals surface area (Å²) in [5, 5.41) is 0. The number of fused-ring (bicyclic) bond motifs is 1. The van der Waals surface area contributed by atoms with Gasteiger partial charge in [-0.3, -0.25) is 14.8 Å². The van der Waals surface area contributed by atoms with Crippen LogP contribution in [0.2, 0.25) is 0 Å². The van der Waals surface area contributed by atoms with Crippen molar-refractivity contribution in [1.82, 2.24) is 9.97 Å². The van der Waals surface area contributed by atoms with E-state index in [0.29, 0.717) is 6.54 Å². The summed E-state index contributed by atoms with van der Waals surface area (Å²) in [5.74, 6) is -0.249. The molecule has 0 bridgehead atoms. The molecule has 1 aliphatic heterocycles. The first kappa shape index (κ1) is 11.0. The summed E-state index contributed by atoms with van der Waals surface area (Å²) in [6.07, 6.45) is 4.19. The number of aromatic nitrogens is 2. The Labute approximate surface area is 105 Å². The van der Waals surface area contributed by atoms with Crippen molar-refractivity contribution >= 4 is 22.6 Å². The number of amides is 1. The van der Waals surface area contributed by atoms with Crippen molar-refractivity contribution in [2.75, 3.05) is 18.0 Å². The Kier molecular flexibility index (Phi) is 2.59. The van der Waals surface area contributed by atoms with Crippen LogP contribution in [0.3, 0.4) is 0 Å². The minimum Gasteiger partial charge on any atom is -0.371 e. The molecule has 1 atom stereocenters. The zero-order chi connectivity index (χ0) is 12.5. The van der Waals surface area contributed by atoms with E-state index >= 15 is 0 Å². The van der Waals surface area contributed by atoms with Crippen molar-refractivity contribution in [3.05, 3.63) is 30.6 Å². The standard InChI is InChI=1S/C13H14N4O/c14-13(18)9-3-6-17(8-9)10-1-2-11-12(7-10)16-5-4-15-11/h1-2,4-5,7,9H,3,6,8H2,(H2,14,18)/t9-/m0/s1. The molecule has 1 saturated heterocycles. The monoisotopic (exact) mass is 242 g/mol. The number of benzene rings is 1. The third-order valence-electron chi connectivity index (χ3n) is 3.41. The zero-order valence-electron chi connectivity index (χ0n) is 9.91. The number of carbonyl (C=O) groups is 1. The fourth-order valence-corrected chi connectivity index (χ4v) is 2.38. The maximum atomic E-state index is 11.2. The molecule has 1 aromatic carbocycles. The summed E-state index contributed by atoms with van der Waals surface area (Å²) >= 11 is 0. The molecule has 2 heterocycles. The molecule has 0 radical (unpaired) electrons. The van der Waals surface area contributed by atoms with Gasteiger partial charge in [0.05, 0.1) is 17.0 Å². The van der Waals surface area contributed by atoms with Gasteiger partial charge in [-0.05, 0) is 24.6 Å². The minimum atomic E-state index is -0.210. The normalized spacial score (nSPS) is 19.3. The molecule has 1 aromatic heterocycles. The first-order valence-corrected chi connectivity index (χ1v) is 5.99. The van der Waals surface area contributed by atoms with Gasteiger partial charge in [0.25, 0.3) is 0 Å². The maximum Gasteiger partial charge on any atom is 0.222 e. The van der Waals surface area contributed by atoms with Gasteiger partial charge < -0.3 is 10.6 Å². The Morgan fingerprint density at radius 1 is 1.28 bits per heavy atom. The molecule has 18 heavy (non-hydrogen) atoms. The van der Waals surface area contributed by atoms with Gasteiger partial charge in [0.2, 0.25) is 5.91 Å². The van der Waals surface area contributed by atoms with Crippen molar-refractivity contribution < 1.29 is 4.79 Å². The number of rotatable bonds is 2. The second-order valence-corrected chi connectivity index (χ2v) is 4.56. The molecule has 0 spiro atoms. The molecule has 5 heteroatoms. The Morgan fingerprint density at radius 2 is 2.06 bits per heavy atom. The minimum absolute atomic E-state index is 0.0393. The van der Waals surface area contributed by atoms with Crippen LogP contribution < -0.4 is 10.6 Å². The van der Waals surface area contributed by atoms with E-state index in [2.05, 4.69) is 14.9 Å². The van der Waals surface area contributed by atoms with Gasteiger partial charge >= 0.3 is 0 Å². The Balaban J connectivity index is 1.89. The summed E-state index contributed by atoms with van der Waals surface area (Å²) in [5.41, 5.74) is 8.17. The van der Waals surface area contributed by atoms with E-state index in [1.807, 2.05) is 18.2 Å². The van der Waals surface area contributed by atoms with Crippen LogP contribution in [0.4, 0.5) is 5.69 Å². The highest BCUT2D eigenvalue weighted by Gasteiger charge is 2.26. The smallest absolute Gasteiger partial charge is 0.222 e. The van der Waals surface area contributed by atoms with Crippen molar-refractivity contribution in [3.8, 4) is 0 Å². The first-order valence-electron chi connectivity index (χ1n) is 5.99. The van der Waals surface area contributed by atoms with Crippen LogP contribution in [-0.4, -0.2) is 29.0 Å². The van der Waals surface area contributed by atoms with Crippen LogP contribution in [0.25, 0.3) is 11.0 Å². The fraction of sp³-hybridized carbons (Fsp3) is 0.308. The average Bonchev–Trinajstić information content (AvgIpc) is 2.88. The Bertz CT molecular complexity index is 598. The molecule has 1 aliphatic rings. The molecule has 0 unspecified atom stereocenters. The SMILES string of the molecule is NC(=O)[C@H]1CCN(c2ccc3nccnc3c2)C1. The quantitative estimate of drug-likeness (QED) is 0.850. The molecule has 0 aliphatic carbocycles. The topological polar surface area (TPSA) is 72.1 Å². The summed E-state index contributed by atoms with van der Waals surface area (Å²) < 4.78 is 0. The second-order valence-electron chi connectivity index (χ2n) is 4.56. The molecular formula is C13H14N4O. The number of anilines is 1. The number of nitrogens with zero attached hydrogens (tertiary/aromatic N) is 3. The Hall–Kier alpha value is -2.17. The van der Waals surface area contributed by atoms with E-state index in [0.717, 1.165) is 29.7 Å². The molecule has 2 aromatic rings. The maximum absolute atomic E-state index is 11.2. The van der Waals surface area contributed by atoms with Gasteiger partial charge in [0.15, 0.2) is 0 Å². The molecule has 1 fully saturated rings. The number of primary amides is 1. The van der Waals surface area contributed by atoms with Crippen LogP contribution in [0.15, 0.2) is 30.6 Å². The van der Waals surface area contributed by atoms with Crippen molar-refractivity contribution in [2.24, 2.45) is 11.7 Å². The van der Waals surface area contributed by atoms with Crippen molar-refractivity contribution in [2.45, 2.75) is 6.42 Å². The van der Waals surface area contributed by atoms with Crippen LogP contribution >= 0.6 is 0 Å². The zero-order valence-corrected chi connectivity index (χ0v) is 9.91. The number of hydrogen-bond acceptors (Lipinski definition) is 4. The third kappa shape index (κ3) is 1.88. The third-order valence-corrected chi connectivity index (χ3v) is 3.41. The lowest BCUT2D eigenvalue weighted by Crippen LogP contribution is -2.27. The lowest BCUT2D eigenvalue weighted by molar-refractivity contribution is -0.121. The number of carbonyl (C=O) groups excluding carboxylic acids is 1. The molecule has 0 saturated carbocycles. The molecular weight excluding hydrogens is 228 g/mol. The van der Waals surface area contributed by atoms with Crippen LogP contribution in [0, 0.1) is 5.92 Å². The predicted molar refractivity (Wildman–Crippen MR) is 69.1 cm³/mol. The summed E-state index contributed by atoms with van der Waals surface area (Å²) in [6, 6.07) is 5.97. The molecule has 5 nitrogen and oxygen atoms in total. The number of nitrogens with two attached hydrogens (primary N) is 1. The van der Waals surface area contributed by atoms with Crippen molar-refractivity contribution in [3.63, 3.8) is 0 Å². The van der Waals surface area contributed by atoms with Gasteiger partial charge in [-0.2, -0.15) is 0 Å². The van der Waals surface area contributed by atoms with Crippen LogP contribution in [0.1, 0.15) is 6.42 Å². The molecule has 2 N–H and O–H groups in total. The highest BCUT2D eigenvalue weighted by Crippen LogP contribution is 2.25. The van der Waals surface area contributed by atoms with E-state index in [1.165, 1.54) is 0 Å². The lowest BCUT2D eigenvalue weighted by atomic mass is 10.1. The first-order chi connectivity index (χ1) is 8.74. The van der Waals surface area contributed by atoms with E-state index < -0.39 is 0 Å². The Morgan fingerprint density at radius 3 is 2.78 bits per heavy atom. The summed E-state index contributed by atoms with van der Waals surface area (Å²) in [6.45, 7) is 1.56. The van der Waals surface area contributed by atoms with E-state index in [9.17, 15) is 4.79 Å². The van der Waals surface area contributed by atoms with Gasteiger partial charge in [-0.25, -0.2) is 0 Å². The molecule has 1 amide bonds. The average molecular weight is 242 g/mol. The van der Waals surface area contributed by atoms with E-state index in [4.69, 9.17) is 5.73 Å². The fourth-order valence-electron chi connectivity index (χ4n) is 2.38. The second kappa shape index (κ2) is 4.25. The lowest BCUT2D eigenvalue weighted by Gasteiger charge is -2.18. The van der Waals surface area contributed by atoms with Crippen LogP contribution in [0.5, 0.6) is 0 Å². The molecule has 92 valence electrons. The van der Waals surface area contributed by atoms with Gasteiger partial charge in [-0.15, -0.1) is 0 Å².